The summed E-state index contributed by atoms with van der Waals surface area (Å²) in [4.78, 5) is 15.3. The summed E-state index contributed by atoms with van der Waals surface area (Å²) < 4.78 is 15.0. The van der Waals surface area contributed by atoms with Gasteiger partial charge < -0.3 is 9.88 Å². The Balaban J connectivity index is 0.000000168. The third-order valence-electron chi connectivity index (χ3n) is 3.65. The predicted molar refractivity (Wildman–Crippen MR) is 89.3 cm³/mol. The minimum absolute atomic E-state index is 0.0932. The Morgan fingerprint density at radius 2 is 2.26 bits per heavy atom. The lowest BCUT2D eigenvalue weighted by Crippen LogP contribution is -2.29. The molecule has 124 valence electrons. The molecule has 0 spiro atoms. The first-order valence-electron chi connectivity index (χ1n) is 7.73. The number of halogens is 2. The van der Waals surface area contributed by atoms with E-state index in [9.17, 15) is 9.18 Å². The molecule has 3 rings (SSSR count). The summed E-state index contributed by atoms with van der Waals surface area (Å²) in [7, 11) is 0. The van der Waals surface area contributed by atoms with Crippen molar-refractivity contribution in [2.24, 2.45) is 0 Å². The average molecular weight is 338 g/mol. The van der Waals surface area contributed by atoms with Gasteiger partial charge in [0, 0.05) is 20.0 Å². The molecule has 2 heterocycles. The highest BCUT2D eigenvalue weighted by molar-refractivity contribution is 6.30. The number of Topliss-reactive ketones (excluding diaryl/α,β-unsaturated/α-hetero) is 1. The second kappa shape index (κ2) is 8.22. The Bertz CT molecular complexity index is 684. The number of benzene rings is 1. The normalized spacial score (nSPS) is 13.0. The van der Waals surface area contributed by atoms with Crippen LogP contribution in [0.4, 0.5) is 4.39 Å². The van der Waals surface area contributed by atoms with Crippen molar-refractivity contribution in [3.8, 4) is 0 Å². The van der Waals surface area contributed by atoms with E-state index in [1.54, 1.807) is 31.3 Å². The molecular formula is C17H21ClFN3O. The summed E-state index contributed by atoms with van der Waals surface area (Å²) in [6.45, 7) is 6.13. The lowest BCUT2D eigenvalue weighted by Gasteiger charge is -2.16. The number of nitrogens with one attached hydrogen (secondary N) is 1. The molecule has 1 aromatic carbocycles. The van der Waals surface area contributed by atoms with Crippen LogP contribution in [0.2, 0.25) is 5.02 Å². The van der Waals surface area contributed by atoms with Crippen LogP contribution in [-0.4, -0.2) is 21.9 Å². The van der Waals surface area contributed by atoms with E-state index in [2.05, 4.69) is 10.3 Å². The molecule has 6 heteroatoms. The third kappa shape index (κ3) is 4.39. The zero-order valence-corrected chi connectivity index (χ0v) is 14.2. The lowest BCUT2D eigenvalue weighted by atomic mass is 10.1. The number of imidazole rings is 1. The zero-order valence-electron chi connectivity index (χ0n) is 13.4. The summed E-state index contributed by atoms with van der Waals surface area (Å²) in [6.07, 6.45) is 3.36. The highest BCUT2D eigenvalue weighted by Crippen LogP contribution is 2.18. The van der Waals surface area contributed by atoms with E-state index in [1.807, 2.05) is 11.5 Å². The number of carbonyl (C=O) groups is 1. The molecule has 4 nitrogen and oxygen atoms in total. The van der Waals surface area contributed by atoms with Crippen molar-refractivity contribution in [2.75, 3.05) is 6.54 Å². The Hall–Kier alpha value is -1.72. The van der Waals surface area contributed by atoms with Gasteiger partial charge in [-0.2, -0.15) is 0 Å². The monoisotopic (exact) mass is 337 g/mol. The molecule has 23 heavy (non-hydrogen) atoms. The van der Waals surface area contributed by atoms with Crippen LogP contribution in [0, 0.1) is 5.82 Å². The zero-order chi connectivity index (χ0) is 16.8. The summed E-state index contributed by atoms with van der Waals surface area (Å²) >= 11 is 5.57. The molecule has 0 bridgehead atoms. The first kappa shape index (κ1) is 17.6. The van der Waals surface area contributed by atoms with Crippen LogP contribution in [0.3, 0.4) is 0 Å². The second-order valence-corrected chi connectivity index (χ2v) is 5.81. The van der Waals surface area contributed by atoms with Crippen LogP contribution in [0.25, 0.3) is 0 Å². The number of ketones is 1. The first-order chi connectivity index (χ1) is 11.0. The summed E-state index contributed by atoms with van der Waals surface area (Å²) in [5, 5.41) is 3.42. The van der Waals surface area contributed by atoms with Crippen LogP contribution in [0.15, 0.2) is 24.4 Å². The first-order valence-corrected chi connectivity index (χ1v) is 8.11. The highest BCUT2D eigenvalue weighted by Gasteiger charge is 2.15. The van der Waals surface area contributed by atoms with Crippen molar-refractivity contribution in [3.63, 3.8) is 0 Å². The van der Waals surface area contributed by atoms with E-state index < -0.39 is 0 Å². The maximum atomic E-state index is 13.1. The summed E-state index contributed by atoms with van der Waals surface area (Å²) in [5.41, 5.74) is 1.44. The predicted octanol–water partition coefficient (Wildman–Crippen LogP) is 3.62. The van der Waals surface area contributed by atoms with E-state index in [4.69, 9.17) is 11.6 Å². The van der Waals surface area contributed by atoms with Crippen molar-refractivity contribution >= 4 is 17.4 Å². The molecule has 0 aliphatic carbocycles. The fourth-order valence-electron chi connectivity index (χ4n) is 2.49. The standard InChI is InChI=1S/C9H10ClF.C8H11N3O/c1-2-4-7-5-3-6-8(10)9(7)11;1-6(12)7-4-10-8-5-9-2-3-11(7)8/h3,5-6H,2,4H2,1H3;4,9H,2-3,5H2,1H3. The van der Waals surface area contributed by atoms with Gasteiger partial charge in [0.2, 0.25) is 0 Å². The Labute approximate surface area is 140 Å². The summed E-state index contributed by atoms with van der Waals surface area (Å²) in [5.74, 6) is 0.790. The molecule has 1 N–H and O–H groups in total. The van der Waals surface area contributed by atoms with Crippen LogP contribution >= 0.6 is 11.6 Å². The van der Waals surface area contributed by atoms with Crippen molar-refractivity contribution in [3.05, 3.63) is 52.3 Å². The molecule has 0 amide bonds. The van der Waals surface area contributed by atoms with Crippen molar-refractivity contribution in [1.29, 1.82) is 0 Å². The number of fused-ring (bicyclic) bond motifs is 1. The third-order valence-corrected chi connectivity index (χ3v) is 3.94. The quantitative estimate of drug-likeness (QED) is 0.870. The molecule has 1 aliphatic heterocycles. The smallest absolute Gasteiger partial charge is 0.177 e. The van der Waals surface area contributed by atoms with Crippen molar-refractivity contribution in [2.45, 2.75) is 39.8 Å². The van der Waals surface area contributed by atoms with Gasteiger partial charge in [-0.05, 0) is 18.1 Å². The number of hydrogen-bond acceptors (Lipinski definition) is 3. The fraction of sp³-hybridized carbons (Fsp3) is 0.412. The highest BCUT2D eigenvalue weighted by atomic mass is 35.5. The Kier molecular flexibility index (Phi) is 6.30. The number of nitrogens with zero attached hydrogens (tertiary/aromatic N) is 2. The number of hydrogen-bond donors (Lipinski definition) is 1. The van der Waals surface area contributed by atoms with Gasteiger partial charge >= 0.3 is 0 Å². The number of rotatable bonds is 3. The van der Waals surface area contributed by atoms with Crippen LogP contribution in [-0.2, 0) is 19.5 Å². The minimum atomic E-state index is -0.268. The van der Waals surface area contributed by atoms with Gasteiger partial charge in [0.05, 0.1) is 17.8 Å². The number of aryl methyl sites for hydroxylation is 1. The van der Waals surface area contributed by atoms with Gasteiger partial charge in [0.15, 0.2) is 5.78 Å². The molecule has 0 unspecified atom stereocenters. The molecule has 2 aromatic rings. The van der Waals surface area contributed by atoms with Gasteiger partial charge in [-0.15, -0.1) is 0 Å². The molecular weight excluding hydrogens is 317 g/mol. The molecule has 0 saturated carbocycles. The van der Waals surface area contributed by atoms with E-state index in [-0.39, 0.29) is 16.6 Å². The average Bonchev–Trinajstić information content (AvgIpc) is 2.97. The number of carbonyl (C=O) groups excluding carboxylic acids is 1. The maximum absolute atomic E-state index is 13.1. The van der Waals surface area contributed by atoms with Gasteiger partial charge in [0.1, 0.15) is 17.3 Å². The van der Waals surface area contributed by atoms with Crippen LogP contribution in [0.5, 0.6) is 0 Å². The van der Waals surface area contributed by atoms with Crippen molar-refractivity contribution in [1.82, 2.24) is 14.9 Å². The largest absolute Gasteiger partial charge is 0.323 e. The van der Waals surface area contributed by atoms with Gasteiger partial charge in [-0.1, -0.05) is 37.1 Å². The molecule has 1 aromatic heterocycles. The topological polar surface area (TPSA) is 46.9 Å². The van der Waals surface area contributed by atoms with Crippen LogP contribution in [0.1, 0.15) is 42.1 Å². The van der Waals surface area contributed by atoms with Gasteiger partial charge in [-0.25, -0.2) is 9.37 Å². The Morgan fingerprint density at radius 3 is 2.96 bits per heavy atom. The van der Waals surface area contributed by atoms with E-state index in [0.29, 0.717) is 5.56 Å². The summed E-state index contributed by atoms with van der Waals surface area (Å²) in [6, 6.07) is 5.11. The fourth-order valence-corrected chi connectivity index (χ4v) is 2.68. The number of aromatic nitrogens is 2. The molecule has 1 aliphatic rings. The lowest BCUT2D eigenvalue weighted by molar-refractivity contribution is 0.100. The minimum Gasteiger partial charge on any atom is -0.323 e. The van der Waals surface area contributed by atoms with Crippen molar-refractivity contribution < 1.29 is 9.18 Å². The van der Waals surface area contributed by atoms with E-state index in [1.165, 1.54) is 0 Å². The second-order valence-electron chi connectivity index (χ2n) is 5.41. The van der Waals surface area contributed by atoms with E-state index in [0.717, 1.165) is 44.0 Å². The molecule has 0 fully saturated rings. The van der Waals surface area contributed by atoms with Gasteiger partial charge in [0.25, 0.3) is 0 Å². The molecule has 0 atom stereocenters. The maximum Gasteiger partial charge on any atom is 0.177 e. The SMILES string of the molecule is CC(=O)c1cnc2n1CCNC2.CCCc1cccc(Cl)c1F. The molecule has 0 radical (unpaired) electrons. The van der Waals surface area contributed by atoms with E-state index >= 15 is 0 Å². The Morgan fingerprint density at radius 1 is 1.48 bits per heavy atom. The molecule has 0 saturated heterocycles. The van der Waals surface area contributed by atoms with Crippen LogP contribution < -0.4 is 5.32 Å². The van der Waals surface area contributed by atoms with Gasteiger partial charge in [-0.3, -0.25) is 4.79 Å².